The number of rotatable bonds is 5. The molecule has 0 atom stereocenters. The molecule has 0 amide bonds. The fraction of sp³-hybridized carbons (Fsp3) is 0.189. The van der Waals surface area contributed by atoms with Crippen molar-refractivity contribution < 1.29 is 13.1 Å². The van der Waals surface area contributed by atoms with E-state index in [1.807, 2.05) is 59.7 Å². The third-order valence-electron chi connectivity index (χ3n) is 6.28. The van der Waals surface area contributed by atoms with Gasteiger partial charge < -0.3 is 0 Å². The summed E-state index contributed by atoms with van der Waals surface area (Å²) in [4.78, 5) is 10.4. The van der Waals surface area contributed by atoms with Crippen molar-refractivity contribution in [3.63, 3.8) is 0 Å². The number of hydrogen-bond donors (Lipinski definition) is 0. The maximum absolute atomic E-state index is 5.32. The summed E-state index contributed by atoms with van der Waals surface area (Å²) in [7, 11) is 8.45. The number of halogens is 2. The summed E-state index contributed by atoms with van der Waals surface area (Å²) in [5.74, 6) is 0. The maximum atomic E-state index is 5.32. The molecular formula is C37H42Cl2FeN2P+. The molecule has 2 nitrogen and oxygen atoms in total. The van der Waals surface area contributed by atoms with Crippen molar-refractivity contribution in [1.82, 2.24) is 0 Å². The molecule has 6 heteroatoms. The number of para-hydroxylation sites is 1. The molecule has 1 aliphatic rings. The molecule has 0 spiro atoms. The van der Waals surface area contributed by atoms with Gasteiger partial charge in [-0.05, 0) is 41.8 Å². The third kappa shape index (κ3) is 9.87. The molecule has 5 aromatic rings. The molecule has 0 N–H and O–H groups in total. The van der Waals surface area contributed by atoms with Gasteiger partial charge in [0, 0.05) is 16.5 Å². The normalized spacial score (nSPS) is 12.8. The number of benzene rings is 5. The van der Waals surface area contributed by atoms with Gasteiger partial charge in [-0.15, -0.1) is 0 Å². The van der Waals surface area contributed by atoms with E-state index >= 15 is 0 Å². The molecule has 5 aromatic carbocycles. The molecule has 0 radical (unpaired) electrons. The van der Waals surface area contributed by atoms with Crippen molar-refractivity contribution in [2.75, 3.05) is 6.29 Å². The first kappa shape index (κ1) is 36.4. The average Bonchev–Trinajstić information content (AvgIpc) is 3.39. The molecule has 226 valence electrons. The first-order chi connectivity index (χ1) is 21.3. The van der Waals surface area contributed by atoms with Gasteiger partial charge in [0.15, 0.2) is 6.29 Å². The van der Waals surface area contributed by atoms with E-state index in [0.717, 1.165) is 23.4 Å². The Bertz CT molecular complexity index is 1500. The van der Waals surface area contributed by atoms with E-state index in [1.54, 1.807) is 0 Å². The molecule has 0 saturated carbocycles. The summed E-state index contributed by atoms with van der Waals surface area (Å²) in [5, 5.41) is 5.24. The van der Waals surface area contributed by atoms with Crippen LogP contribution in [-0.4, -0.2) is 17.7 Å². The van der Waals surface area contributed by atoms with Gasteiger partial charge in [0.2, 0.25) is 0 Å². The Morgan fingerprint density at radius 2 is 0.953 bits per heavy atom. The Kier molecular flexibility index (Phi) is 17.8. The largest absolute Gasteiger partial charge is 0.246 e. The predicted molar refractivity (Wildman–Crippen MR) is 194 cm³/mol. The quantitative estimate of drug-likeness (QED) is 0.131. The van der Waals surface area contributed by atoms with E-state index in [1.165, 1.54) is 32.5 Å². The van der Waals surface area contributed by atoms with Crippen molar-refractivity contribution in [3.05, 3.63) is 139 Å². The van der Waals surface area contributed by atoms with E-state index < -0.39 is 7.92 Å². The average molecular weight is 672 g/mol. The third-order valence-corrected chi connectivity index (χ3v) is 8.81. The zero-order chi connectivity index (χ0) is 31.5. The smallest absolute Gasteiger partial charge is 0.156 e. The molecule has 43 heavy (non-hydrogen) atoms. The summed E-state index contributed by atoms with van der Waals surface area (Å²) in [5.41, 5.74) is 5.28. The van der Waals surface area contributed by atoms with Gasteiger partial charge in [-0.1, -0.05) is 133 Å². The zero-order valence-corrected chi connectivity index (χ0v) is 29.5. The number of nitrogens with zero attached hydrogens (tertiary/aromatic N) is 2. The Labute approximate surface area is 274 Å². The molecule has 0 aromatic heterocycles. The standard InChI is InChI=1S/C31H23N2P.3C2H6.2ClH.Fe/c1-4-14-24(15-5-1)33-31-28-21-11-13-23-12-10-20-27(29(23)28)30(31)32-22-34(25-16-6-2-7-17-25)26-18-8-3-9-19-26;3*1-2;;;/h1-21H,22H2;3*1-2H3;2*1H;/q;;;;;;+2/p-1. The van der Waals surface area contributed by atoms with Gasteiger partial charge in [0.25, 0.3) is 0 Å². The van der Waals surface area contributed by atoms with Gasteiger partial charge >= 0.3 is 33.3 Å². The van der Waals surface area contributed by atoms with E-state index in [4.69, 9.17) is 30.2 Å². The predicted octanol–water partition coefficient (Wildman–Crippen LogP) is 11.0. The molecule has 6 rings (SSSR count). The Balaban J connectivity index is 0.000000654. The van der Waals surface area contributed by atoms with Gasteiger partial charge in [0.05, 0.1) is 35.6 Å². The van der Waals surface area contributed by atoms with Crippen LogP contribution in [0.15, 0.2) is 137 Å². The topological polar surface area (TPSA) is 24.7 Å². The zero-order valence-electron chi connectivity index (χ0n) is 25.8. The van der Waals surface area contributed by atoms with Crippen molar-refractivity contribution >= 4 is 66.6 Å². The van der Waals surface area contributed by atoms with Crippen LogP contribution in [0.5, 0.6) is 0 Å². The summed E-state index contributed by atoms with van der Waals surface area (Å²) < 4.78 is 0. The molecule has 0 bridgehead atoms. The summed E-state index contributed by atoms with van der Waals surface area (Å²) in [6.07, 6.45) is 0.756. The fourth-order valence-corrected chi connectivity index (χ4v) is 6.89. The number of hydrogen-bond acceptors (Lipinski definition) is 2. The number of aliphatic imine (C=N–C) groups is 2. The van der Waals surface area contributed by atoms with E-state index in [-0.39, 0.29) is 13.1 Å². The van der Waals surface area contributed by atoms with Crippen LogP contribution in [0, 0.1) is 0 Å². The van der Waals surface area contributed by atoms with Crippen LogP contribution in [0.25, 0.3) is 10.8 Å². The van der Waals surface area contributed by atoms with E-state index in [0.29, 0.717) is 0 Å². The molecular weight excluding hydrogens is 630 g/mol. The van der Waals surface area contributed by atoms with Gasteiger partial charge in [-0.2, -0.15) is 0 Å². The Hall–Kier alpha value is -2.77. The first-order valence-corrected chi connectivity index (χ1v) is 19.6. The van der Waals surface area contributed by atoms with Crippen LogP contribution in [0.2, 0.25) is 0 Å². The minimum atomic E-state index is -1.08. The SMILES string of the molecule is CC.CC.CC.[Cl][Fe][Cl].c1ccc(N=C2C(=NC[PH+](c3ccccc3)c3ccccc3)c3cccc4cccc2c34)cc1. The maximum Gasteiger partial charge on any atom is 0.156 e. The van der Waals surface area contributed by atoms with Crippen LogP contribution >= 0.6 is 28.1 Å². The first-order valence-electron chi connectivity index (χ1n) is 14.8. The molecule has 0 aliphatic heterocycles. The molecule has 0 fully saturated rings. The van der Waals surface area contributed by atoms with Crippen LogP contribution in [-0.2, 0) is 13.1 Å². The minimum Gasteiger partial charge on any atom is -0.246 e. The van der Waals surface area contributed by atoms with E-state index in [2.05, 4.69) is 109 Å². The fourth-order valence-electron chi connectivity index (χ4n) is 4.68. The van der Waals surface area contributed by atoms with Crippen LogP contribution in [0.4, 0.5) is 5.69 Å². The monoisotopic (exact) mass is 671 g/mol. The second-order valence-corrected chi connectivity index (χ2v) is 12.7. The summed E-state index contributed by atoms with van der Waals surface area (Å²) >= 11 is 0.194. The van der Waals surface area contributed by atoms with Crippen molar-refractivity contribution in [1.29, 1.82) is 0 Å². The second-order valence-electron chi connectivity index (χ2n) is 8.43. The molecule has 0 saturated heterocycles. The Morgan fingerprint density at radius 1 is 0.535 bits per heavy atom. The summed E-state index contributed by atoms with van der Waals surface area (Å²) in [6, 6.07) is 44.8. The Morgan fingerprint density at radius 3 is 1.42 bits per heavy atom. The van der Waals surface area contributed by atoms with Gasteiger partial charge in [-0.3, -0.25) is 0 Å². The second kappa shape index (κ2) is 21.0. The molecule has 0 unspecified atom stereocenters. The van der Waals surface area contributed by atoms with E-state index in [9.17, 15) is 0 Å². The van der Waals surface area contributed by atoms with Crippen LogP contribution < -0.4 is 10.6 Å². The molecule has 1 aliphatic carbocycles. The van der Waals surface area contributed by atoms with Crippen LogP contribution in [0.1, 0.15) is 52.7 Å². The van der Waals surface area contributed by atoms with Crippen molar-refractivity contribution in [3.8, 4) is 0 Å². The van der Waals surface area contributed by atoms with Gasteiger partial charge in [0.1, 0.15) is 0 Å². The van der Waals surface area contributed by atoms with Gasteiger partial charge in [-0.25, -0.2) is 9.98 Å². The van der Waals surface area contributed by atoms with Crippen molar-refractivity contribution in [2.24, 2.45) is 9.98 Å². The van der Waals surface area contributed by atoms with Crippen molar-refractivity contribution in [2.45, 2.75) is 41.5 Å². The summed E-state index contributed by atoms with van der Waals surface area (Å²) in [6.45, 7) is 12.0. The van der Waals surface area contributed by atoms with Crippen LogP contribution in [0.3, 0.4) is 0 Å². The minimum absolute atomic E-state index is 0.194. The molecule has 0 heterocycles.